The molecule has 138 valence electrons. The van der Waals surface area contributed by atoms with Crippen molar-refractivity contribution in [1.82, 2.24) is 14.7 Å². The summed E-state index contributed by atoms with van der Waals surface area (Å²) in [5.41, 5.74) is 0.437. The lowest BCUT2D eigenvalue weighted by molar-refractivity contribution is 0.390. The van der Waals surface area contributed by atoms with E-state index in [2.05, 4.69) is 19.6 Å². The Morgan fingerprint density at radius 1 is 1.42 bits per heavy atom. The van der Waals surface area contributed by atoms with Gasteiger partial charge in [0.15, 0.2) is 0 Å². The van der Waals surface area contributed by atoms with Crippen LogP contribution < -0.4 is 9.62 Å². The molecule has 1 N–H and O–H groups in total. The highest BCUT2D eigenvalue weighted by molar-refractivity contribution is 7.88. The number of nitriles is 1. The first-order chi connectivity index (χ1) is 12.4. The minimum Gasteiger partial charge on any atom is -0.356 e. The molecule has 9 heteroatoms. The van der Waals surface area contributed by atoms with Crippen molar-refractivity contribution in [3.8, 4) is 6.07 Å². The molecular formula is C17H20FN5O2S. The largest absolute Gasteiger partial charge is 0.356 e. The molecule has 0 saturated carbocycles. The zero-order chi connectivity index (χ0) is 18.7. The van der Waals surface area contributed by atoms with Crippen LogP contribution in [0.3, 0.4) is 0 Å². The van der Waals surface area contributed by atoms with E-state index in [9.17, 15) is 12.8 Å². The van der Waals surface area contributed by atoms with Gasteiger partial charge in [-0.25, -0.2) is 27.5 Å². The zero-order valence-corrected chi connectivity index (χ0v) is 15.3. The highest BCUT2D eigenvalue weighted by Gasteiger charge is 2.23. The summed E-state index contributed by atoms with van der Waals surface area (Å²) in [6, 6.07) is 4.61. The van der Waals surface area contributed by atoms with E-state index in [-0.39, 0.29) is 5.56 Å². The molecule has 3 rings (SSSR count). The molecule has 1 saturated heterocycles. The van der Waals surface area contributed by atoms with E-state index in [1.807, 2.05) is 6.07 Å². The van der Waals surface area contributed by atoms with Crippen LogP contribution in [-0.4, -0.2) is 44.3 Å². The van der Waals surface area contributed by atoms with Crippen molar-refractivity contribution in [2.24, 2.45) is 5.92 Å². The lowest BCUT2D eigenvalue weighted by Crippen LogP contribution is -2.37. The topological polar surface area (TPSA) is 99.0 Å². The molecule has 0 bridgehead atoms. The Bertz CT molecular complexity index is 958. The van der Waals surface area contributed by atoms with E-state index in [4.69, 9.17) is 5.26 Å². The van der Waals surface area contributed by atoms with Gasteiger partial charge in [-0.3, -0.25) is 0 Å². The van der Waals surface area contributed by atoms with Crippen LogP contribution >= 0.6 is 0 Å². The van der Waals surface area contributed by atoms with Gasteiger partial charge in [-0.15, -0.1) is 0 Å². The third-order valence-corrected chi connectivity index (χ3v) is 5.29. The predicted octanol–water partition coefficient (Wildman–Crippen LogP) is 1.80. The normalized spacial score (nSPS) is 18.0. The Balaban J connectivity index is 1.81. The summed E-state index contributed by atoms with van der Waals surface area (Å²) in [4.78, 5) is 10.6. The third kappa shape index (κ3) is 4.26. The summed E-state index contributed by atoms with van der Waals surface area (Å²) in [7, 11) is -3.18. The van der Waals surface area contributed by atoms with Gasteiger partial charge in [0.2, 0.25) is 10.0 Å². The van der Waals surface area contributed by atoms with Gasteiger partial charge in [0.1, 0.15) is 24.0 Å². The Hall–Kier alpha value is -2.31. The van der Waals surface area contributed by atoms with Crippen LogP contribution in [0, 0.1) is 23.1 Å². The fourth-order valence-electron chi connectivity index (χ4n) is 3.34. The first-order valence-corrected chi connectivity index (χ1v) is 10.3. The fraction of sp³-hybridized carbons (Fsp3) is 0.471. The molecule has 26 heavy (non-hydrogen) atoms. The summed E-state index contributed by atoms with van der Waals surface area (Å²) in [6.45, 7) is 1.95. The maximum Gasteiger partial charge on any atom is 0.208 e. The van der Waals surface area contributed by atoms with Crippen molar-refractivity contribution in [1.29, 1.82) is 5.26 Å². The minimum atomic E-state index is -3.18. The van der Waals surface area contributed by atoms with Gasteiger partial charge in [0.25, 0.3) is 0 Å². The summed E-state index contributed by atoms with van der Waals surface area (Å²) in [5, 5.41) is 9.74. The molecule has 0 radical (unpaired) electrons. The first-order valence-electron chi connectivity index (χ1n) is 8.41. The number of benzene rings is 1. The van der Waals surface area contributed by atoms with E-state index >= 15 is 0 Å². The Morgan fingerprint density at radius 3 is 2.96 bits per heavy atom. The number of hydrogen-bond donors (Lipinski definition) is 1. The Kier molecular flexibility index (Phi) is 5.34. The van der Waals surface area contributed by atoms with Crippen molar-refractivity contribution in [3.05, 3.63) is 29.8 Å². The molecule has 1 aromatic carbocycles. The van der Waals surface area contributed by atoms with E-state index in [1.54, 1.807) is 0 Å². The van der Waals surface area contributed by atoms with Crippen LogP contribution in [-0.2, 0) is 10.0 Å². The second-order valence-electron chi connectivity index (χ2n) is 6.57. The van der Waals surface area contributed by atoms with Crippen molar-refractivity contribution >= 4 is 26.7 Å². The standard InChI is InChI=1S/C17H20FN5O2S/c1-26(24,25)22-5-4-12-3-2-6-23(10-12)17-14-7-13(9-19)15(18)8-16(14)20-11-21-17/h7-8,11-12,22H,2-6,10H2,1H3. The minimum absolute atomic E-state index is 0.0283. The lowest BCUT2D eigenvalue weighted by Gasteiger charge is -2.34. The molecule has 1 aliphatic rings. The van der Waals surface area contributed by atoms with Gasteiger partial charge < -0.3 is 4.90 Å². The van der Waals surface area contributed by atoms with Gasteiger partial charge in [-0.1, -0.05) is 0 Å². The molecule has 1 aliphatic heterocycles. The predicted molar refractivity (Wildman–Crippen MR) is 96.6 cm³/mol. The highest BCUT2D eigenvalue weighted by Crippen LogP contribution is 2.29. The molecule has 1 unspecified atom stereocenters. The molecule has 2 heterocycles. The number of hydrogen-bond acceptors (Lipinski definition) is 6. The van der Waals surface area contributed by atoms with Crippen molar-refractivity contribution in [2.45, 2.75) is 19.3 Å². The van der Waals surface area contributed by atoms with Gasteiger partial charge in [-0.2, -0.15) is 5.26 Å². The zero-order valence-electron chi connectivity index (χ0n) is 14.4. The van der Waals surface area contributed by atoms with Crippen molar-refractivity contribution in [3.63, 3.8) is 0 Å². The SMILES string of the molecule is CS(=O)(=O)NCCC1CCCN(c2ncnc3cc(F)c(C#N)cc23)C1. The number of nitrogens with one attached hydrogen (secondary N) is 1. The average Bonchev–Trinajstić information content (AvgIpc) is 2.59. The van der Waals surface area contributed by atoms with Gasteiger partial charge in [0, 0.05) is 31.1 Å². The smallest absolute Gasteiger partial charge is 0.208 e. The van der Waals surface area contributed by atoms with E-state index in [0.29, 0.717) is 29.2 Å². The molecule has 1 fully saturated rings. The second kappa shape index (κ2) is 7.51. The maximum absolute atomic E-state index is 13.8. The van der Waals surface area contributed by atoms with Crippen molar-refractivity contribution < 1.29 is 12.8 Å². The fourth-order valence-corrected chi connectivity index (χ4v) is 3.83. The molecule has 2 aromatic rings. The number of fused-ring (bicyclic) bond motifs is 1. The van der Waals surface area contributed by atoms with Crippen LogP contribution in [0.2, 0.25) is 0 Å². The number of halogens is 1. The Morgan fingerprint density at radius 2 is 2.23 bits per heavy atom. The quantitative estimate of drug-likeness (QED) is 0.853. The van der Waals surface area contributed by atoms with Crippen LogP contribution in [0.4, 0.5) is 10.2 Å². The van der Waals surface area contributed by atoms with E-state index in [0.717, 1.165) is 38.6 Å². The van der Waals surface area contributed by atoms with Gasteiger partial charge in [0.05, 0.1) is 17.3 Å². The number of sulfonamides is 1. The lowest BCUT2D eigenvalue weighted by atomic mass is 9.94. The molecule has 0 amide bonds. The van der Waals surface area contributed by atoms with Gasteiger partial charge in [-0.05, 0) is 31.2 Å². The average molecular weight is 377 g/mol. The monoisotopic (exact) mass is 377 g/mol. The summed E-state index contributed by atoms with van der Waals surface area (Å²) in [5.74, 6) is 0.430. The van der Waals surface area contributed by atoms with E-state index < -0.39 is 15.8 Å². The maximum atomic E-state index is 13.8. The summed E-state index contributed by atoms with van der Waals surface area (Å²) >= 11 is 0. The number of piperidine rings is 1. The summed E-state index contributed by atoms with van der Waals surface area (Å²) in [6.07, 6.45) is 5.27. The molecule has 7 nitrogen and oxygen atoms in total. The number of rotatable bonds is 5. The van der Waals surface area contributed by atoms with E-state index in [1.165, 1.54) is 18.5 Å². The van der Waals surface area contributed by atoms with Gasteiger partial charge >= 0.3 is 0 Å². The van der Waals surface area contributed by atoms with Crippen LogP contribution in [0.15, 0.2) is 18.5 Å². The van der Waals surface area contributed by atoms with Crippen LogP contribution in [0.25, 0.3) is 10.9 Å². The third-order valence-electron chi connectivity index (χ3n) is 4.56. The number of aromatic nitrogens is 2. The van der Waals surface area contributed by atoms with Crippen LogP contribution in [0.5, 0.6) is 0 Å². The number of nitrogens with zero attached hydrogens (tertiary/aromatic N) is 4. The second-order valence-corrected chi connectivity index (χ2v) is 8.40. The Labute approximate surface area is 151 Å². The van der Waals surface area contributed by atoms with Crippen molar-refractivity contribution in [2.75, 3.05) is 30.8 Å². The molecule has 1 atom stereocenters. The first kappa shape index (κ1) is 18.5. The molecular weight excluding hydrogens is 357 g/mol. The molecule has 0 spiro atoms. The summed E-state index contributed by atoms with van der Waals surface area (Å²) < 4.78 is 38.8. The van der Waals surface area contributed by atoms with Crippen LogP contribution in [0.1, 0.15) is 24.8 Å². The molecule has 1 aromatic heterocycles. The highest BCUT2D eigenvalue weighted by atomic mass is 32.2. The molecule has 0 aliphatic carbocycles. The number of anilines is 1.